The van der Waals surface area contributed by atoms with Gasteiger partial charge in [0.15, 0.2) is 11.4 Å². The van der Waals surface area contributed by atoms with E-state index in [2.05, 4.69) is 4.18 Å². The zero-order valence-electron chi connectivity index (χ0n) is 9.06. The molecule has 0 bridgehead atoms. The van der Waals surface area contributed by atoms with Crippen LogP contribution >= 0.6 is 0 Å². The Bertz CT molecular complexity index is 457. The van der Waals surface area contributed by atoms with Crippen LogP contribution in [0.4, 0.5) is 0 Å². The lowest BCUT2D eigenvalue weighted by atomic mass is 10.0. The number of ketones is 1. The van der Waals surface area contributed by atoms with Crippen molar-refractivity contribution in [2.24, 2.45) is 0 Å². The molecule has 0 fully saturated rings. The minimum atomic E-state index is -1.89. The maximum atomic E-state index is 12.1. The van der Waals surface area contributed by atoms with Gasteiger partial charge >= 0.3 is 11.4 Å². The first-order valence-corrected chi connectivity index (χ1v) is 5.85. The number of fused-ring (bicyclic) bond motifs is 1. The Morgan fingerprint density at radius 2 is 2.06 bits per heavy atom. The van der Waals surface area contributed by atoms with Gasteiger partial charge in [-0.1, -0.05) is 24.3 Å². The normalized spacial score (nSPS) is 25.5. The lowest BCUT2D eigenvalue weighted by molar-refractivity contribution is 0.0572. The molecule has 2 rings (SSSR count). The van der Waals surface area contributed by atoms with Crippen molar-refractivity contribution in [1.82, 2.24) is 0 Å². The van der Waals surface area contributed by atoms with Crippen molar-refractivity contribution in [2.45, 2.75) is 18.9 Å². The molecule has 1 aliphatic rings. The van der Waals surface area contributed by atoms with E-state index in [0.29, 0.717) is 12.0 Å². The Morgan fingerprint density at radius 1 is 1.38 bits per heavy atom. The highest BCUT2D eigenvalue weighted by atomic mass is 32.2. The molecule has 1 aliphatic carbocycles. The van der Waals surface area contributed by atoms with E-state index in [1.165, 1.54) is 7.11 Å². The van der Waals surface area contributed by atoms with E-state index in [4.69, 9.17) is 4.18 Å². The van der Waals surface area contributed by atoms with Crippen LogP contribution in [0.25, 0.3) is 0 Å². The monoisotopic (exact) mass is 240 g/mol. The van der Waals surface area contributed by atoms with Gasteiger partial charge in [-0.3, -0.25) is 13.2 Å². The first-order chi connectivity index (χ1) is 7.57. The second kappa shape index (κ2) is 4.08. The average Bonchev–Trinajstić information content (AvgIpc) is 2.52. The topological polar surface area (TPSA) is 52.6 Å². The summed E-state index contributed by atoms with van der Waals surface area (Å²) in [5, 5.41) is 0. The Morgan fingerprint density at radius 3 is 2.69 bits per heavy atom. The molecule has 2 unspecified atom stereocenters. The van der Waals surface area contributed by atoms with E-state index in [1.54, 1.807) is 19.1 Å². The molecule has 4 nitrogen and oxygen atoms in total. The van der Waals surface area contributed by atoms with Crippen molar-refractivity contribution in [3.05, 3.63) is 35.4 Å². The first kappa shape index (κ1) is 11.4. The predicted molar refractivity (Wildman–Crippen MR) is 59.1 cm³/mol. The van der Waals surface area contributed by atoms with E-state index in [0.717, 1.165) is 5.56 Å². The molecular formula is C11H12O4S. The van der Waals surface area contributed by atoms with Crippen LogP contribution in [0.5, 0.6) is 0 Å². The second-order valence-corrected chi connectivity index (χ2v) is 4.76. The summed E-state index contributed by atoms with van der Waals surface area (Å²) < 4.78 is 20.8. The third-order valence-electron chi connectivity index (χ3n) is 2.66. The van der Waals surface area contributed by atoms with Gasteiger partial charge in [-0.05, 0) is 12.5 Å². The lowest BCUT2D eigenvalue weighted by Gasteiger charge is -2.19. The summed E-state index contributed by atoms with van der Waals surface area (Å²) >= 11 is -1.89. The van der Waals surface area contributed by atoms with Crippen LogP contribution in [0.3, 0.4) is 0 Å². The lowest BCUT2D eigenvalue weighted by Crippen LogP contribution is -2.36. The van der Waals surface area contributed by atoms with E-state index < -0.39 is 17.0 Å². The quantitative estimate of drug-likeness (QED) is 0.802. The van der Waals surface area contributed by atoms with Gasteiger partial charge in [0.05, 0.1) is 7.11 Å². The Kier molecular flexibility index (Phi) is 2.92. The molecule has 5 heteroatoms. The molecule has 0 saturated carbocycles. The maximum absolute atomic E-state index is 12.1. The molecule has 0 aromatic heterocycles. The highest BCUT2D eigenvalue weighted by molar-refractivity contribution is 7.75. The van der Waals surface area contributed by atoms with Gasteiger partial charge in [0.25, 0.3) is 0 Å². The Labute approximate surface area is 96.4 Å². The van der Waals surface area contributed by atoms with Gasteiger partial charge in [0, 0.05) is 12.0 Å². The summed E-state index contributed by atoms with van der Waals surface area (Å²) in [6, 6.07) is 7.29. The zero-order valence-corrected chi connectivity index (χ0v) is 9.87. The van der Waals surface area contributed by atoms with Crippen molar-refractivity contribution < 1.29 is 17.4 Å². The molecule has 16 heavy (non-hydrogen) atoms. The average molecular weight is 240 g/mol. The molecule has 0 spiro atoms. The molecule has 0 N–H and O–H groups in total. The molecule has 2 atom stereocenters. The van der Waals surface area contributed by atoms with Crippen LogP contribution in [-0.2, 0) is 26.1 Å². The number of rotatable bonds is 3. The van der Waals surface area contributed by atoms with Gasteiger partial charge < -0.3 is 0 Å². The first-order valence-electron chi connectivity index (χ1n) is 4.85. The summed E-state index contributed by atoms with van der Waals surface area (Å²) in [6.45, 7) is 1.63. The molecule has 0 heterocycles. The van der Waals surface area contributed by atoms with Gasteiger partial charge in [0.2, 0.25) is 0 Å². The SMILES string of the molecule is COS(=O)OC1(C)Cc2ccccc2C1=O. The maximum Gasteiger partial charge on any atom is 0.305 e. The molecular weight excluding hydrogens is 228 g/mol. The van der Waals surface area contributed by atoms with Crippen LogP contribution in [0, 0.1) is 0 Å². The van der Waals surface area contributed by atoms with Gasteiger partial charge in [-0.25, -0.2) is 0 Å². The van der Waals surface area contributed by atoms with Gasteiger partial charge in [-0.15, -0.1) is 0 Å². The predicted octanol–water partition coefficient (Wildman–Crippen LogP) is 1.43. The van der Waals surface area contributed by atoms with Crippen molar-refractivity contribution in [2.75, 3.05) is 7.11 Å². The van der Waals surface area contributed by atoms with Crippen molar-refractivity contribution in [1.29, 1.82) is 0 Å². The van der Waals surface area contributed by atoms with E-state index in [9.17, 15) is 9.00 Å². The van der Waals surface area contributed by atoms with Gasteiger partial charge in [-0.2, -0.15) is 4.21 Å². The largest absolute Gasteiger partial charge is 0.305 e. The van der Waals surface area contributed by atoms with E-state index in [-0.39, 0.29) is 5.78 Å². The summed E-state index contributed by atoms with van der Waals surface area (Å²) in [4.78, 5) is 12.1. The van der Waals surface area contributed by atoms with E-state index in [1.807, 2.05) is 12.1 Å². The highest BCUT2D eigenvalue weighted by Gasteiger charge is 2.44. The fourth-order valence-electron chi connectivity index (χ4n) is 1.88. The molecule has 0 aliphatic heterocycles. The molecule has 1 aromatic carbocycles. The van der Waals surface area contributed by atoms with Crippen molar-refractivity contribution in [3.8, 4) is 0 Å². The van der Waals surface area contributed by atoms with E-state index >= 15 is 0 Å². The standard InChI is InChI=1S/C11H12O4S/c1-11(15-16(13)14-2)7-8-5-3-4-6-9(8)10(11)12/h3-6H,7H2,1-2H3. The number of carbonyl (C=O) groups excluding carboxylic acids is 1. The second-order valence-electron chi connectivity index (χ2n) is 3.85. The molecule has 86 valence electrons. The summed E-state index contributed by atoms with van der Waals surface area (Å²) in [5.74, 6) is -0.145. The summed E-state index contributed by atoms with van der Waals surface area (Å²) in [6.07, 6.45) is 0.428. The van der Waals surface area contributed by atoms with Crippen LogP contribution in [0.2, 0.25) is 0 Å². The third kappa shape index (κ3) is 1.81. The number of hydrogen-bond acceptors (Lipinski definition) is 4. The fourth-order valence-corrected chi connectivity index (χ4v) is 2.38. The van der Waals surface area contributed by atoms with Crippen molar-refractivity contribution in [3.63, 3.8) is 0 Å². The van der Waals surface area contributed by atoms with Gasteiger partial charge in [0.1, 0.15) is 0 Å². The number of benzene rings is 1. The minimum Gasteiger partial charge on any atom is -0.291 e. The molecule has 0 radical (unpaired) electrons. The van der Waals surface area contributed by atoms with Crippen LogP contribution < -0.4 is 0 Å². The number of hydrogen-bond donors (Lipinski definition) is 0. The Hall–Kier alpha value is -1.04. The molecule has 0 saturated heterocycles. The summed E-state index contributed by atoms with van der Waals surface area (Å²) in [7, 11) is 1.27. The van der Waals surface area contributed by atoms with Crippen LogP contribution in [0.15, 0.2) is 24.3 Å². The third-order valence-corrected chi connectivity index (χ3v) is 3.43. The Balaban J connectivity index is 2.30. The fraction of sp³-hybridized carbons (Fsp3) is 0.364. The van der Waals surface area contributed by atoms with Crippen LogP contribution in [0.1, 0.15) is 22.8 Å². The zero-order chi connectivity index (χ0) is 11.8. The summed E-state index contributed by atoms with van der Waals surface area (Å²) in [5.41, 5.74) is 0.478. The minimum absolute atomic E-state index is 0.145. The molecule has 1 aromatic rings. The number of carbonyl (C=O) groups is 1. The highest BCUT2D eigenvalue weighted by Crippen LogP contribution is 2.33. The van der Waals surface area contributed by atoms with Crippen LogP contribution in [-0.4, -0.2) is 22.7 Å². The number of Topliss-reactive ketones (excluding diaryl/α,β-unsaturated/α-hetero) is 1. The smallest absolute Gasteiger partial charge is 0.291 e. The molecule has 0 amide bonds. The van der Waals surface area contributed by atoms with Crippen molar-refractivity contribution >= 4 is 17.1 Å².